The van der Waals surface area contributed by atoms with Crippen molar-refractivity contribution in [3.63, 3.8) is 0 Å². The summed E-state index contributed by atoms with van der Waals surface area (Å²) in [4.78, 5) is 35.5. The van der Waals surface area contributed by atoms with Crippen molar-refractivity contribution in [3.8, 4) is 0 Å². The molecule has 2 rings (SSSR count). The van der Waals surface area contributed by atoms with Gasteiger partial charge in [-0.3, -0.25) is 14.4 Å². The molecule has 7 heteroatoms. The second kappa shape index (κ2) is 9.01. The van der Waals surface area contributed by atoms with E-state index in [0.29, 0.717) is 16.3 Å². The lowest BCUT2D eigenvalue weighted by Gasteiger charge is -2.11. The summed E-state index contributed by atoms with van der Waals surface area (Å²) in [7, 11) is 0. The summed E-state index contributed by atoms with van der Waals surface area (Å²) in [6, 6.07) is 11.9. The first-order chi connectivity index (χ1) is 12.4. The highest BCUT2D eigenvalue weighted by Gasteiger charge is 2.12. The summed E-state index contributed by atoms with van der Waals surface area (Å²) in [6.45, 7) is 2.99. The van der Waals surface area contributed by atoms with E-state index in [1.807, 2.05) is 32.0 Å². The highest BCUT2D eigenvalue weighted by molar-refractivity contribution is 6.30. The van der Waals surface area contributed by atoms with E-state index in [1.165, 1.54) is 0 Å². The lowest BCUT2D eigenvalue weighted by molar-refractivity contribution is -0.146. The number of hydrogen-bond acceptors (Lipinski definition) is 4. The van der Waals surface area contributed by atoms with Gasteiger partial charge in [0, 0.05) is 16.3 Å². The molecule has 0 aromatic heterocycles. The maximum absolute atomic E-state index is 11.9. The van der Waals surface area contributed by atoms with Crippen LogP contribution in [0.25, 0.3) is 0 Å². The molecule has 0 aliphatic heterocycles. The zero-order valence-corrected chi connectivity index (χ0v) is 15.2. The summed E-state index contributed by atoms with van der Waals surface area (Å²) >= 11 is 5.75. The molecule has 0 atom stereocenters. The van der Waals surface area contributed by atoms with Gasteiger partial charge in [-0.25, -0.2) is 0 Å². The zero-order chi connectivity index (χ0) is 19.1. The molecule has 0 aliphatic rings. The maximum Gasteiger partial charge on any atom is 0.325 e. The van der Waals surface area contributed by atoms with E-state index in [0.717, 1.165) is 11.1 Å². The second-order valence-corrected chi connectivity index (χ2v) is 6.10. The minimum Gasteiger partial charge on any atom is -0.454 e. The van der Waals surface area contributed by atoms with Crippen molar-refractivity contribution in [2.24, 2.45) is 0 Å². The van der Waals surface area contributed by atoms with E-state index in [4.69, 9.17) is 16.3 Å². The van der Waals surface area contributed by atoms with Gasteiger partial charge in [0.05, 0.1) is 0 Å². The predicted octanol–water partition coefficient (Wildman–Crippen LogP) is 2.87. The predicted molar refractivity (Wildman–Crippen MR) is 99.3 cm³/mol. The monoisotopic (exact) mass is 374 g/mol. The molecule has 0 unspecified atom stereocenters. The molecule has 0 bridgehead atoms. The molecular weight excluding hydrogens is 356 g/mol. The van der Waals surface area contributed by atoms with Crippen LogP contribution in [-0.4, -0.2) is 30.9 Å². The van der Waals surface area contributed by atoms with Crippen LogP contribution in [0.5, 0.6) is 0 Å². The number of esters is 1. The highest BCUT2D eigenvalue weighted by Crippen LogP contribution is 2.19. The second-order valence-electron chi connectivity index (χ2n) is 5.67. The fraction of sp³-hybridized carbons (Fsp3) is 0.211. The number of halogens is 1. The van der Waals surface area contributed by atoms with Crippen molar-refractivity contribution in [2.75, 3.05) is 18.5 Å². The summed E-state index contributed by atoms with van der Waals surface area (Å²) in [5.41, 5.74) is 2.90. The molecule has 0 fully saturated rings. The van der Waals surface area contributed by atoms with Gasteiger partial charge in [0.2, 0.25) is 0 Å². The topological polar surface area (TPSA) is 84.5 Å². The Morgan fingerprint density at radius 2 is 1.62 bits per heavy atom. The van der Waals surface area contributed by atoms with Gasteiger partial charge >= 0.3 is 5.97 Å². The largest absolute Gasteiger partial charge is 0.454 e. The molecule has 2 N–H and O–H groups in total. The SMILES string of the molecule is Cc1cccc(C)c1NC(=O)COC(=O)CNC(=O)c1ccc(Cl)cc1. The number of nitrogens with one attached hydrogen (secondary N) is 2. The number of hydrogen-bond donors (Lipinski definition) is 2. The molecule has 0 radical (unpaired) electrons. The van der Waals surface area contributed by atoms with Gasteiger partial charge in [-0.05, 0) is 49.2 Å². The van der Waals surface area contributed by atoms with E-state index in [-0.39, 0.29) is 6.54 Å². The third-order valence-electron chi connectivity index (χ3n) is 3.61. The van der Waals surface area contributed by atoms with Crippen LogP contribution in [-0.2, 0) is 14.3 Å². The molecule has 0 aliphatic carbocycles. The molecule has 0 saturated carbocycles. The molecule has 2 aromatic rings. The molecule has 0 saturated heterocycles. The Kier molecular flexibility index (Phi) is 6.74. The first kappa shape index (κ1) is 19.5. The van der Waals surface area contributed by atoms with Crippen molar-refractivity contribution in [3.05, 3.63) is 64.2 Å². The molecular formula is C19H19ClN2O4. The van der Waals surface area contributed by atoms with Crippen LogP contribution in [0.4, 0.5) is 5.69 Å². The van der Waals surface area contributed by atoms with Crippen LogP contribution >= 0.6 is 11.6 Å². The summed E-state index contributed by atoms with van der Waals surface area (Å²) in [6.07, 6.45) is 0. The highest BCUT2D eigenvalue weighted by atomic mass is 35.5. The molecule has 2 amide bonds. The Labute approximate surface area is 156 Å². The lowest BCUT2D eigenvalue weighted by atomic mass is 10.1. The number of amides is 2. The molecule has 26 heavy (non-hydrogen) atoms. The number of carbonyl (C=O) groups excluding carboxylic acids is 3. The van der Waals surface area contributed by atoms with E-state index < -0.39 is 24.4 Å². The number of anilines is 1. The number of benzene rings is 2. The Morgan fingerprint density at radius 3 is 2.23 bits per heavy atom. The number of ether oxygens (including phenoxy) is 1. The Morgan fingerprint density at radius 1 is 1.00 bits per heavy atom. The molecule has 2 aromatic carbocycles. The van der Waals surface area contributed by atoms with Crippen molar-refractivity contribution in [2.45, 2.75) is 13.8 Å². The number of aryl methyl sites for hydroxylation is 2. The third kappa shape index (κ3) is 5.60. The fourth-order valence-corrected chi connectivity index (χ4v) is 2.37. The van der Waals surface area contributed by atoms with Crippen molar-refractivity contribution in [1.82, 2.24) is 5.32 Å². The minimum atomic E-state index is -0.705. The fourth-order valence-electron chi connectivity index (χ4n) is 2.24. The minimum absolute atomic E-state index is 0.335. The third-order valence-corrected chi connectivity index (χ3v) is 3.86. The van der Waals surface area contributed by atoms with E-state index >= 15 is 0 Å². The Balaban J connectivity index is 1.77. The average Bonchev–Trinajstić information content (AvgIpc) is 2.61. The summed E-state index contributed by atoms with van der Waals surface area (Å²) in [5.74, 6) is -1.58. The van der Waals surface area contributed by atoms with E-state index in [2.05, 4.69) is 10.6 Å². The van der Waals surface area contributed by atoms with Crippen LogP contribution in [0, 0.1) is 13.8 Å². The van der Waals surface area contributed by atoms with Gasteiger partial charge in [-0.1, -0.05) is 29.8 Å². The number of carbonyl (C=O) groups is 3. The van der Waals surface area contributed by atoms with Gasteiger partial charge in [0.25, 0.3) is 11.8 Å². The normalized spacial score (nSPS) is 10.1. The first-order valence-electron chi connectivity index (χ1n) is 7.92. The standard InChI is InChI=1S/C19H19ClN2O4/c1-12-4-3-5-13(2)18(12)22-16(23)11-26-17(24)10-21-19(25)14-6-8-15(20)9-7-14/h3-9H,10-11H2,1-2H3,(H,21,25)(H,22,23). The van der Waals surface area contributed by atoms with Crippen molar-refractivity contribution >= 4 is 35.1 Å². The van der Waals surface area contributed by atoms with Gasteiger partial charge in [-0.2, -0.15) is 0 Å². The molecule has 0 heterocycles. The summed E-state index contributed by atoms with van der Waals surface area (Å²) < 4.78 is 4.87. The summed E-state index contributed by atoms with van der Waals surface area (Å²) in [5, 5.41) is 5.65. The lowest BCUT2D eigenvalue weighted by Crippen LogP contribution is -2.32. The number of rotatable bonds is 6. The number of para-hydroxylation sites is 1. The smallest absolute Gasteiger partial charge is 0.325 e. The van der Waals surface area contributed by atoms with Crippen LogP contribution < -0.4 is 10.6 Å². The van der Waals surface area contributed by atoms with Crippen LogP contribution in [0.3, 0.4) is 0 Å². The van der Waals surface area contributed by atoms with Gasteiger partial charge in [0.15, 0.2) is 6.61 Å². The van der Waals surface area contributed by atoms with Gasteiger partial charge in [-0.15, -0.1) is 0 Å². The van der Waals surface area contributed by atoms with Crippen LogP contribution in [0.15, 0.2) is 42.5 Å². The zero-order valence-electron chi connectivity index (χ0n) is 14.5. The van der Waals surface area contributed by atoms with Crippen molar-refractivity contribution in [1.29, 1.82) is 0 Å². The molecule has 0 spiro atoms. The van der Waals surface area contributed by atoms with E-state index in [9.17, 15) is 14.4 Å². The average molecular weight is 375 g/mol. The van der Waals surface area contributed by atoms with Crippen LogP contribution in [0.2, 0.25) is 5.02 Å². The maximum atomic E-state index is 11.9. The van der Waals surface area contributed by atoms with Gasteiger partial charge in [0.1, 0.15) is 6.54 Å². The van der Waals surface area contributed by atoms with Crippen LogP contribution in [0.1, 0.15) is 21.5 Å². The Hall–Kier alpha value is -2.86. The van der Waals surface area contributed by atoms with E-state index in [1.54, 1.807) is 24.3 Å². The first-order valence-corrected chi connectivity index (χ1v) is 8.30. The van der Waals surface area contributed by atoms with Gasteiger partial charge < -0.3 is 15.4 Å². The molecule has 6 nitrogen and oxygen atoms in total. The molecule has 136 valence electrons. The Bertz CT molecular complexity index is 799. The van der Waals surface area contributed by atoms with Crippen molar-refractivity contribution < 1.29 is 19.1 Å². The quantitative estimate of drug-likeness (QED) is 0.761.